The van der Waals surface area contributed by atoms with Crippen LogP contribution in [0.5, 0.6) is 0 Å². The minimum Gasteiger partial charge on any atom is -0.480 e. The smallest absolute Gasteiger partial charge is 0.326 e. The lowest BCUT2D eigenvalue weighted by Crippen LogP contribution is -2.39. The number of carbonyl (C=O) groups is 2. The van der Waals surface area contributed by atoms with Gasteiger partial charge in [0, 0.05) is 12.6 Å². The van der Waals surface area contributed by atoms with Gasteiger partial charge in [-0.05, 0) is 38.0 Å². The quantitative estimate of drug-likeness (QED) is 0.827. The van der Waals surface area contributed by atoms with E-state index in [9.17, 15) is 9.59 Å². The summed E-state index contributed by atoms with van der Waals surface area (Å²) in [7, 11) is 0. The third-order valence-corrected chi connectivity index (χ3v) is 2.97. The number of hydrogen-bond donors (Lipinski definition) is 1. The van der Waals surface area contributed by atoms with Gasteiger partial charge in [-0.25, -0.2) is 4.79 Å². The molecular weight excluding hydrogens is 234 g/mol. The van der Waals surface area contributed by atoms with Crippen molar-refractivity contribution in [3.05, 3.63) is 29.7 Å². The average molecular weight is 249 g/mol. The molecule has 1 atom stereocenters. The van der Waals surface area contributed by atoms with E-state index in [0.29, 0.717) is 18.7 Å². The summed E-state index contributed by atoms with van der Waals surface area (Å²) >= 11 is 0. The fourth-order valence-corrected chi connectivity index (χ4v) is 2.08. The molecule has 5 nitrogen and oxygen atoms in total. The molecule has 2 rings (SSSR count). The van der Waals surface area contributed by atoms with Crippen molar-refractivity contribution >= 4 is 18.0 Å². The molecule has 96 valence electrons. The van der Waals surface area contributed by atoms with E-state index >= 15 is 0 Å². The van der Waals surface area contributed by atoms with E-state index in [1.807, 2.05) is 6.92 Å². The van der Waals surface area contributed by atoms with Crippen LogP contribution in [0.25, 0.3) is 6.08 Å². The number of likely N-dealkylation sites (tertiary alicyclic amines) is 1. The van der Waals surface area contributed by atoms with Crippen LogP contribution in [0.4, 0.5) is 0 Å². The fraction of sp³-hybridized carbons (Fsp3) is 0.385. The molecule has 1 aromatic rings. The van der Waals surface area contributed by atoms with Gasteiger partial charge in [-0.15, -0.1) is 0 Å². The van der Waals surface area contributed by atoms with E-state index in [4.69, 9.17) is 9.52 Å². The molecular formula is C13H15NO4. The largest absolute Gasteiger partial charge is 0.480 e. The van der Waals surface area contributed by atoms with E-state index in [-0.39, 0.29) is 5.91 Å². The second-order valence-corrected chi connectivity index (χ2v) is 4.31. The molecule has 0 aromatic carbocycles. The molecule has 1 fully saturated rings. The molecule has 18 heavy (non-hydrogen) atoms. The Morgan fingerprint density at radius 3 is 2.89 bits per heavy atom. The zero-order valence-electron chi connectivity index (χ0n) is 10.1. The van der Waals surface area contributed by atoms with Crippen molar-refractivity contribution in [1.82, 2.24) is 4.90 Å². The van der Waals surface area contributed by atoms with E-state index in [2.05, 4.69) is 0 Å². The van der Waals surface area contributed by atoms with E-state index < -0.39 is 12.0 Å². The van der Waals surface area contributed by atoms with Gasteiger partial charge >= 0.3 is 5.97 Å². The minimum absolute atomic E-state index is 0.283. The molecule has 0 spiro atoms. The Labute approximate surface area is 105 Å². The second kappa shape index (κ2) is 5.08. The van der Waals surface area contributed by atoms with Crippen molar-refractivity contribution in [2.45, 2.75) is 25.8 Å². The molecule has 0 radical (unpaired) electrons. The summed E-state index contributed by atoms with van der Waals surface area (Å²) in [6.07, 6.45) is 4.18. The summed E-state index contributed by atoms with van der Waals surface area (Å²) < 4.78 is 5.30. The first-order valence-corrected chi connectivity index (χ1v) is 5.86. The molecule has 0 aliphatic carbocycles. The number of amides is 1. The topological polar surface area (TPSA) is 70.8 Å². The van der Waals surface area contributed by atoms with Crippen LogP contribution in [0.3, 0.4) is 0 Å². The number of carboxylic acids is 1. The van der Waals surface area contributed by atoms with Crippen LogP contribution < -0.4 is 0 Å². The number of nitrogens with zero attached hydrogens (tertiary/aromatic N) is 1. The van der Waals surface area contributed by atoms with Crippen molar-refractivity contribution in [2.24, 2.45) is 0 Å². The minimum atomic E-state index is -0.942. The number of furan rings is 1. The Kier molecular flexibility index (Phi) is 3.50. The summed E-state index contributed by atoms with van der Waals surface area (Å²) in [5, 5.41) is 8.98. The van der Waals surface area contributed by atoms with Gasteiger partial charge in [0.2, 0.25) is 5.91 Å². The van der Waals surface area contributed by atoms with Gasteiger partial charge in [0.15, 0.2) is 0 Å². The number of hydrogen-bond acceptors (Lipinski definition) is 3. The van der Waals surface area contributed by atoms with E-state index in [0.717, 1.165) is 12.2 Å². The predicted octanol–water partition coefficient (Wildman–Crippen LogP) is 1.68. The molecule has 1 N–H and O–H groups in total. The molecule has 1 aliphatic rings. The Morgan fingerprint density at radius 1 is 1.50 bits per heavy atom. The van der Waals surface area contributed by atoms with Gasteiger partial charge in [-0.3, -0.25) is 4.79 Å². The van der Waals surface area contributed by atoms with Crippen molar-refractivity contribution in [2.75, 3.05) is 6.54 Å². The molecule has 1 saturated heterocycles. The SMILES string of the molecule is Cc1ccc(/C=C/C(=O)N2CCCC2C(=O)O)o1. The highest BCUT2D eigenvalue weighted by molar-refractivity contribution is 5.94. The van der Waals surface area contributed by atoms with Crippen molar-refractivity contribution in [1.29, 1.82) is 0 Å². The number of aliphatic carboxylic acids is 1. The number of rotatable bonds is 3. The summed E-state index contributed by atoms with van der Waals surface area (Å²) in [5.41, 5.74) is 0. The summed E-state index contributed by atoms with van der Waals surface area (Å²) in [6.45, 7) is 2.32. The zero-order valence-corrected chi connectivity index (χ0v) is 10.1. The number of carbonyl (C=O) groups excluding carboxylic acids is 1. The van der Waals surface area contributed by atoms with Gasteiger partial charge in [0.05, 0.1) is 0 Å². The Balaban J connectivity index is 2.03. The Hall–Kier alpha value is -2.04. The standard InChI is InChI=1S/C13H15NO4/c1-9-4-5-10(18-9)6-7-12(15)14-8-2-3-11(14)13(16)17/h4-7,11H,2-3,8H2,1H3,(H,16,17)/b7-6+. The van der Waals surface area contributed by atoms with E-state index in [1.165, 1.54) is 11.0 Å². The first-order valence-electron chi connectivity index (χ1n) is 5.86. The molecule has 5 heteroatoms. The molecule has 1 aromatic heterocycles. The molecule has 2 heterocycles. The number of aryl methyl sites for hydroxylation is 1. The molecule has 1 unspecified atom stereocenters. The normalized spacial score (nSPS) is 19.6. The predicted molar refractivity (Wildman–Crippen MR) is 64.8 cm³/mol. The monoisotopic (exact) mass is 249 g/mol. The first-order chi connectivity index (χ1) is 8.58. The summed E-state index contributed by atoms with van der Waals surface area (Å²) in [5.74, 6) is 0.135. The zero-order chi connectivity index (χ0) is 13.1. The molecule has 0 saturated carbocycles. The lowest BCUT2D eigenvalue weighted by Gasteiger charge is -2.19. The average Bonchev–Trinajstić information content (AvgIpc) is 2.94. The van der Waals surface area contributed by atoms with Gasteiger partial charge < -0.3 is 14.4 Å². The second-order valence-electron chi connectivity index (χ2n) is 4.31. The first kappa shape index (κ1) is 12.4. The van der Waals surface area contributed by atoms with Gasteiger partial charge in [0.25, 0.3) is 0 Å². The Bertz CT molecular complexity index is 489. The highest BCUT2D eigenvalue weighted by Gasteiger charge is 2.32. The lowest BCUT2D eigenvalue weighted by atomic mass is 10.2. The van der Waals surface area contributed by atoms with Gasteiger partial charge in [-0.1, -0.05) is 0 Å². The fourth-order valence-electron chi connectivity index (χ4n) is 2.08. The summed E-state index contributed by atoms with van der Waals surface area (Å²) in [6, 6.07) is 2.87. The summed E-state index contributed by atoms with van der Waals surface area (Å²) in [4.78, 5) is 24.2. The van der Waals surface area contributed by atoms with Crippen LogP contribution in [-0.2, 0) is 9.59 Å². The lowest BCUT2D eigenvalue weighted by molar-refractivity contribution is -0.146. The molecule has 0 bridgehead atoms. The highest BCUT2D eigenvalue weighted by atomic mass is 16.4. The van der Waals surface area contributed by atoms with Crippen LogP contribution >= 0.6 is 0 Å². The maximum atomic E-state index is 11.9. The van der Waals surface area contributed by atoms with Crippen molar-refractivity contribution in [3.8, 4) is 0 Å². The molecule has 1 aliphatic heterocycles. The van der Waals surface area contributed by atoms with Crippen molar-refractivity contribution in [3.63, 3.8) is 0 Å². The maximum absolute atomic E-state index is 11.9. The van der Waals surface area contributed by atoms with Crippen molar-refractivity contribution < 1.29 is 19.1 Å². The maximum Gasteiger partial charge on any atom is 0.326 e. The van der Waals surface area contributed by atoms with Crippen LogP contribution in [0.2, 0.25) is 0 Å². The van der Waals surface area contributed by atoms with Crippen LogP contribution in [-0.4, -0.2) is 34.5 Å². The van der Waals surface area contributed by atoms with Gasteiger partial charge in [-0.2, -0.15) is 0 Å². The number of carboxylic acid groups (broad SMARTS) is 1. The van der Waals surface area contributed by atoms with Crippen LogP contribution in [0.1, 0.15) is 24.4 Å². The third kappa shape index (κ3) is 2.61. The molecule has 1 amide bonds. The van der Waals surface area contributed by atoms with E-state index in [1.54, 1.807) is 18.2 Å². The highest BCUT2D eigenvalue weighted by Crippen LogP contribution is 2.18. The Morgan fingerprint density at radius 2 is 2.28 bits per heavy atom. The van der Waals surface area contributed by atoms with Crippen LogP contribution in [0.15, 0.2) is 22.6 Å². The van der Waals surface area contributed by atoms with Gasteiger partial charge in [0.1, 0.15) is 17.6 Å². The third-order valence-electron chi connectivity index (χ3n) is 2.97. The van der Waals surface area contributed by atoms with Crippen LogP contribution in [0, 0.1) is 6.92 Å².